The van der Waals surface area contributed by atoms with Crippen LogP contribution in [0.15, 0.2) is 230 Å². The van der Waals surface area contributed by atoms with Crippen molar-refractivity contribution in [2.75, 3.05) is 19.6 Å². The average molecular weight is 805 g/mol. The molecule has 0 fully saturated rings. The normalized spacial score (nSPS) is 13.3. The quantitative estimate of drug-likeness (QED) is 0.122. The topological polar surface area (TPSA) is 13.0 Å². The van der Waals surface area contributed by atoms with Crippen LogP contribution in [0.5, 0.6) is 0 Å². The summed E-state index contributed by atoms with van der Waals surface area (Å²) >= 11 is 0. The fourth-order valence-electron chi connectivity index (χ4n) is 8.53. The first-order valence-corrected chi connectivity index (χ1v) is 21.6. The van der Waals surface area contributed by atoms with Gasteiger partial charge in [-0.25, -0.2) is 0 Å². The van der Waals surface area contributed by atoms with Crippen LogP contribution >= 0.6 is 0 Å². The molecule has 1 aliphatic carbocycles. The van der Waals surface area contributed by atoms with E-state index in [1.807, 2.05) is 0 Å². The number of benzene rings is 8. The van der Waals surface area contributed by atoms with Crippen LogP contribution in [0.2, 0.25) is 0 Å². The average Bonchev–Trinajstić information content (AvgIpc) is 3.30. The third kappa shape index (κ3) is 8.54. The SMILES string of the molecule is Cc1cccc(N(C2=CC=CCC2C)c2ccc(N(c3ccc(N(c4ccccc4)c4cccc(C)c4)cc3)c3ccc(N(c4ccccc4)c4cccc(C)c4)cc3)cc2)c1. The van der Waals surface area contributed by atoms with Crippen LogP contribution in [0, 0.1) is 26.7 Å². The van der Waals surface area contributed by atoms with Gasteiger partial charge in [0.1, 0.15) is 0 Å². The van der Waals surface area contributed by atoms with Crippen LogP contribution in [-0.2, 0) is 0 Å². The number of hydrogen-bond donors (Lipinski definition) is 0. The molecule has 0 saturated carbocycles. The minimum atomic E-state index is 0.388. The third-order valence-corrected chi connectivity index (χ3v) is 11.6. The lowest BCUT2D eigenvalue weighted by atomic mass is 9.96. The second-order valence-electron chi connectivity index (χ2n) is 16.2. The number of aryl methyl sites for hydroxylation is 3. The first-order valence-electron chi connectivity index (χ1n) is 21.6. The Morgan fingerprint density at radius 1 is 0.323 bits per heavy atom. The molecule has 62 heavy (non-hydrogen) atoms. The summed E-state index contributed by atoms with van der Waals surface area (Å²) in [5.41, 5.74) is 17.1. The molecular formula is C58H52N4. The molecule has 0 heterocycles. The largest absolute Gasteiger partial charge is 0.314 e. The number of anilines is 11. The van der Waals surface area contributed by atoms with Gasteiger partial charge in [-0.3, -0.25) is 0 Å². The molecule has 1 atom stereocenters. The Morgan fingerprint density at radius 2 is 0.613 bits per heavy atom. The number of hydrogen-bond acceptors (Lipinski definition) is 4. The van der Waals surface area contributed by atoms with Gasteiger partial charge in [0.15, 0.2) is 0 Å². The maximum Gasteiger partial charge on any atom is 0.0464 e. The summed E-state index contributed by atoms with van der Waals surface area (Å²) in [6, 6.07) is 74.4. The minimum absolute atomic E-state index is 0.388. The Kier molecular flexibility index (Phi) is 11.6. The predicted octanol–water partition coefficient (Wildman–Crippen LogP) is 16.6. The summed E-state index contributed by atoms with van der Waals surface area (Å²) in [7, 11) is 0. The van der Waals surface area contributed by atoms with Gasteiger partial charge in [-0.2, -0.15) is 0 Å². The molecule has 4 nitrogen and oxygen atoms in total. The number of nitrogens with zero attached hydrogens (tertiary/aromatic N) is 4. The summed E-state index contributed by atoms with van der Waals surface area (Å²) in [5.74, 6) is 0.388. The summed E-state index contributed by atoms with van der Waals surface area (Å²) in [4.78, 5) is 9.43. The van der Waals surface area contributed by atoms with E-state index in [9.17, 15) is 0 Å². The van der Waals surface area contributed by atoms with Crippen molar-refractivity contribution in [1.29, 1.82) is 0 Å². The van der Waals surface area contributed by atoms with Crippen molar-refractivity contribution >= 4 is 62.6 Å². The van der Waals surface area contributed by atoms with Crippen molar-refractivity contribution < 1.29 is 0 Å². The molecule has 0 amide bonds. The first kappa shape index (κ1) is 39.9. The molecule has 8 aromatic rings. The lowest BCUT2D eigenvalue weighted by molar-refractivity contribution is 0.670. The van der Waals surface area contributed by atoms with Crippen molar-refractivity contribution in [1.82, 2.24) is 0 Å². The molecule has 8 aromatic carbocycles. The Bertz CT molecular complexity index is 2680. The van der Waals surface area contributed by atoms with Crippen LogP contribution in [0.25, 0.3) is 0 Å². The molecule has 4 heteroatoms. The molecule has 1 unspecified atom stereocenters. The fraction of sp³-hybridized carbons (Fsp3) is 0.103. The number of para-hydroxylation sites is 2. The highest BCUT2D eigenvalue weighted by molar-refractivity contribution is 5.84. The second kappa shape index (κ2) is 18.0. The Balaban J connectivity index is 1.14. The highest BCUT2D eigenvalue weighted by atomic mass is 15.2. The summed E-state index contributed by atoms with van der Waals surface area (Å²) in [5, 5.41) is 0. The van der Waals surface area contributed by atoms with Crippen LogP contribution in [0.3, 0.4) is 0 Å². The maximum atomic E-state index is 2.42. The Hall–Kier alpha value is -7.56. The number of allylic oxidation sites excluding steroid dienone is 4. The molecule has 0 saturated heterocycles. The first-order chi connectivity index (χ1) is 30.4. The highest BCUT2D eigenvalue weighted by Crippen LogP contribution is 2.43. The van der Waals surface area contributed by atoms with Crippen LogP contribution in [0.4, 0.5) is 62.6 Å². The van der Waals surface area contributed by atoms with Crippen molar-refractivity contribution in [3.05, 3.63) is 247 Å². The zero-order chi connectivity index (χ0) is 42.4. The van der Waals surface area contributed by atoms with Gasteiger partial charge < -0.3 is 19.6 Å². The van der Waals surface area contributed by atoms with E-state index in [4.69, 9.17) is 0 Å². The van der Waals surface area contributed by atoms with E-state index in [2.05, 4.69) is 272 Å². The van der Waals surface area contributed by atoms with E-state index < -0.39 is 0 Å². The molecule has 0 radical (unpaired) electrons. The fourth-order valence-corrected chi connectivity index (χ4v) is 8.53. The van der Waals surface area contributed by atoms with Crippen molar-refractivity contribution in [2.45, 2.75) is 34.1 Å². The van der Waals surface area contributed by atoms with E-state index >= 15 is 0 Å². The third-order valence-electron chi connectivity index (χ3n) is 11.6. The summed E-state index contributed by atoms with van der Waals surface area (Å²) in [6.45, 7) is 8.77. The van der Waals surface area contributed by atoms with Gasteiger partial charge in [-0.05, 0) is 183 Å². The van der Waals surface area contributed by atoms with Gasteiger partial charge in [-0.1, -0.05) is 91.9 Å². The van der Waals surface area contributed by atoms with E-state index in [-0.39, 0.29) is 0 Å². The maximum absolute atomic E-state index is 2.42. The molecule has 304 valence electrons. The smallest absolute Gasteiger partial charge is 0.0464 e. The van der Waals surface area contributed by atoms with Crippen LogP contribution in [-0.4, -0.2) is 0 Å². The van der Waals surface area contributed by atoms with Gasteiger partial charge in [-0.15, -0.1) is 0 Å². The molecule has 0 N–H and O–H groups in total. The van der Waals surface area contributed by atoms with Crippen LogP contribution in [0.1, 0.15) is 30.0 Å². The lowest BCUT2D eigenvalue weighted by Gasteiger charge is -2.33. The van der Waals surface area contributed by atoms with Gasteiger partial charge >= 0.3 is 0 Å². The zero-order valence-electron chi connectivity index (χ0n) is 35.9. The Labute approximate surface area is 367 Å². The standard InChI is InChI=1S/C58H52N4/c1-43-16-13-24-55(40-43)60(47-20-7-5-8-21-47)52-32-28-49(29-33-52)59(50-30-34-53(35-31-50)61(48-22-9-6-10-23-48)56-25-14-17-44(2)41-56)51-36-38-54(39-37-51)62(57-26-15-18-45(3)42-57)58-27-12-11-19-46(58)4/h5-18,20-42,46H,19H2,1-4H3. The van der Waals surface area contributed by atoms with Crippen LogP contribution < -0.4 is 19.6 Å². The van der Waals surface area contributed by atoms with Gasteiger partial charge in [0.2, 0.25) is 0 Å². The molecule has 1 aliphatic rings. The molecule has 0 bridgehead atoms. The summed E-state index contributed by atoms with van der Waals surface area (Å²) < 4.78 is 0. The van der Waals surface area contributed by atoms with Gasteiger partial charge in [0.25, 0.3) is 0 Å². The van der Waals surface area contributed by atoms with E-state index in [0.717, 1.165) is 63.3 Å². The number of rotatable bonds is 12. The van der Waals surface area contributed by atoms with E-state index in [1.165, 1.54) is 28.1 Å². The van der Waals surface area contributed by atoms with Gasteiger partial charge in [0.05, 0.1) is 0 Å². The monoisotopic (exact) mass is 804 g/mol. The molecule has 0 aliphatic heterocycles. The summed E-state index contributed by atoms with van der Waals surface area (Å²) in [6.07, 6.45) is 7.74. The second-order valence-corrected chi connectivity index (χ2v) is 16.2. The lowest BCUT2D eigenvalue weighted by Crippen LogP contribution is -2.22. The van der Waals surface area contributed by atoms with E-state index in [1.54, 1.807) is 0 Å². The molecule has 0 spiro atoms. The Morgan fingerprint density at radius 3 is 0.952 bits per heavy atom. The van der Waals surface area contributed by atoms with Crippen molar-refractivity contribution in [3.8, 4) is 0 Å². The molecule has 0 aromatic heterocycles. The van der Waals surface area contributed by atoms with Crippen molar-refractivity contribution in [2.24, 2.45) is 5.92 Å². The molecular weight excluding hydrogens is 753 g/mol. The van der Waals surface area contributed by atoms with Gasteiger partial charge in [0, 0.05) is 74.2 Å². The predicted molar refractivity (Wildman–Crippen MR) is 264 cm³/mol. The minimum Gasteiger partial charge on any atom is -0.314 e. The zero-order valence-corrected chi connectivity index (χ0v) is 35.9. The highest BCUT2D eigenvalue weighted by Gasteiger charge is 2.23. The van der Waals surface area contributed by atoms with Crippen molar-refractivity contribution in [3.63, 3.8) is 0 Å². The van der Waals surface area contributed by atoms with E-state index in [0.29, 0.717) is 5.92 Å². The molecule has 9 rings (SSSR count).